The molecule has 0 aliphatic carbocycles. The fraction of sp³-hybridized carbons (Fsp3) is 0.286. The number of thioether (sulfide) groups is 1. The van der Waals surface area contributed by atoms with Crippen molar-refractivity contribution in [2.75, 3.05) is 6.61 Å². The second-order valence-electron chi connectivity index (χ2n) is 4.21. The molecule has 0 bridgehead atoms. The number of carbonyl (C=O) groups excluding carboxylic acids is 1. The molecule has 0 spiro atoms. The van der Waals surface area contributed by atoms with Crippen molar-refractivity contribution in [2.24, 2.45) is 0 Å². The third-order valence-corrected chi connectivity index (χ3v) is 3.60. The van der Waals surface area contributed by atoms with Gasteiger partial charge in [-0.1, -0.05) is 11.2 Å². The van der Waals surface area contributed by atoms with Crippen LogP contribution >= 0.6 is 11.8 Å². The Hall–Kier alpha value is -1.96. The summed E-state index contributed by atoms with van der Waals surface area (Å²) in [6.07, 6.45) is -4.38. The highest BCUT2D eigenvalue weighted by Gasteiger charge is 2.30. The van der Waals surface area contributed by atoms with Gasteiger partial charge in [-0.3, -0.25) is 0 Å². The molecular weight excluding hydrogens is 319 g/mol. The van der Waals surface area contributed by atoms with Crippen molar-refractivity contribution in [1.82, 2.24) is 5.16 Å². The molecule has 8 heteroatoms. The summed E-state index contributed by atoms with van der Waals surface area (Å²) in [5.74, 6) is 0.0419. The monoisotopic (exact) mass is 331 g/mol. The second kappa shape index (κ2) is 6.87. The SMILES string of the molecule is CCOC(=O)c1cc(CSc2cccc(C(F)(F)F)c2)on1. The second-order valence-corrected chi connectivity index (χ2v) is 5.26. The van der Waals surface area contributed by atoms with Gasteiger partial charge in [0.15, 0.2) is 5.69 Å². The van der Waals surface area contributed by atoms with E-state index in [9.17, 15) is 18.0 Å². The van der Waals surface area contributed by atoms with Crippen LogP contribution in [0.4, 0.5) is 13.2 Å². The molecule has 118 valence electrons. The first-order valence-electron chi connectivity index (χ1n) is 6.33. The van der Waals surface area contributed by atoms with E-state index in [1.165, 1.54) is 12.1 Å². The molecule has 1 aromatic heterocycles. The maximum absolute atomic E-state index is 12.6. The van der Waals surface area contributed by atoms with Crippen LogP contribution in [0.15, 0.2) is 39.8 Å². The number of aromatic nitrogens is 1. The summed E-state index contributed by atoms with van der Waals surface area (Å²) in [6.45, 7) is 1.89. The Balaban J connectivity index is 2.00. The highest BCUT2D eigenvalue weighted by Crippen LogP contribution is 2.32. The molecule has 1 aromatic carbocycles. The lowest BCUT2D eigenvalue weighted by atomic mass is 10.2. The van der Waals surface area contributed by atoms with Crippen LogP contribution in [0.1, 0.15) is 28.7 Å². The molecule has 0 N–H and O–H groups in total. The molecular formula is C14H12F3NO3S. The van der Waals surface area contributed by atoms with Gasteiger partial charge < -0.3 is 9.26 Å². The van der Waals surface area contributed by atoms with E-state index in [1.54, 1.807) is 13.0 Å². The first kappa shape index (κ1) is 16.4. The van der Waals surface area contributed by atoms with Crippen molar-refractivity contribution in [3.05, 3.63) is 47.3 Å². The zero-order valence-electron chi connectivity index (χ0n) is 11.5. The molecule has 0 saturated carbocycles. The number of esters is 1. The molecule has 4 nitrogen and oxygen atoms in total. The number of rotatable bonds is 5. The smallest absolute Gasteiger partial charge is 0.416 e. The lowest BCUT2D eigenvalue weighted by Gasteiger charge is -2.07. The minimum Gasteiger partial charge on any atom is -0.461 e. The normalized spacial score (nSPS) is 11.5. The zero-order chi connectivity index (χ0) is 16.2. The van der Waals surface area contributed by atoms with Gasteiger partial charge in [0.25, 0.3) is 0 Å². The molecule has 0 aliphatic heterocycles. The topological polar surface area (TPSA) is 52.3 Å². The fourth-order valence-electron chi connectivity index (χ4n) is 1.60. The van der Waals surface area contributed by atoms with Crippen LogP contribution in [0.5, 0.6) is 0 Å². The molecule has 0 amide bonds. The average molecular weight is 331 g/mol. The summed E-state index contributed by atoms with van der Waals surface area (Å²) >= 11 is 1.16. The molecule has 2 rings (SSSR count). The highest BCUT2D eigenvalue weighted by molar-refractivity contribution is 7.98. The summed E-state index contributed by atoms with van der Waals surface area (Å²) in [6, 6.07) is 6.40. The van der Waals surface area contributed by atoms with Gasteiger partial charge in [-0.15, -0.1) is 11.8 Å². The predicted molar refractivity (Wildman–Crippen MR) is 73.5 cm³/mol. The van der Waals surface area contributed by atoms with Gasteiger partial charge in [0.05, 0.1) is 17.9 Å². The Morgan fingerprint density at radius 2 is 2.14 bits per heavy atom. The van der Waals surface area contributed by atoms with Gasteiger partial charge in [0.2, 0.25) is 0 Å². The van der Waals surface area contributed by atoms with Gasteiger partial charge in [0, 0.05) is 11.0 Å². The molecule has 0 unspecified atom stereocenters. The van der Waals surface area contributed by atoms with Gasteiger partial charge in [-0.2, -0.15) is 13.2 Å². The van der Waals surface area contributed by atoms with Crippen LogP contribution in [0.3, 0.4) is 0 Å². The van der Waals surface area contributed by atoms with E-state index in [1.807, 2.05) is 0 Å². The van der Waals surface area contributed by atoms with Gasteiger partial charge >= 0.3 is 12.1 Å². The molecule has 0 saturated heterocycles. The van der Waals surface area contributed by atoms with Crippen LogP contribution in [-0.2, 0) is 16.7 Å². The molecule has 0 radical (unpaired) electrons. The van der Waals surface area contributed by atoms with E-state index in [0.29, 0.717) is 10.7 Å². The third kappa shape index (κ3) is 4.27. The van der Waals surface area contributed by atoms with Crippen molar-refractivity contribution < 1.29 is 27.2 Å². The Bertz CT molecular complexity index is 655. The lowest BCUT2D eigenvalue weighted by Crippen LogP contribution is -2.04. The van der Waals surface area contributed by atoms with Crippen LogP contribution in [0, 0.1) is 0 Å². The number of carbonyl (C=O) groups is 1. The van der Waals surface area contributed by atoms with E-state index >= 15 is 0 Å². The Kier molecular flexibility index (Phi) is 5.12. The summed E-state index contributed by atoms with van der Waals surface area (Å²) in [5.41, 5.74) is -0.663. The van der Waals surface area contributed by atoms with E-state index in [4.69, 9.17) is 9.26 Å². The van der Waals surface area contributed by atoms with Gasteiger partial charge in [-0.05, 0) is 25.1 Å². The minimum atomic E-state index is -4.38. The fourth-order valence-corrected chi connectivity index (χ4v) is 2.43. The molecule has 0 aliphatic rings. The summed E-state index contributed by atoms with van der Waals surface area (Å²) < 4.78 is 47.5. The first-order valence-corrected chi connectivity index (χ1v) is 7.31. The number of ether oxygens (including phenoxy) is 1. The van der Waals surface area contributed by atoms with Crippen LogP contribution in [0.25, 0.3) is 0 Å². The Morgan fingerprint density at radius 1 is 1.36 bits per heavy atom. The molecule has 0 atom stereocenters. The third-order valence-electron chi connectivity index (χ3n) is 2.59. The Labute approximate surface area is 128 Å². The number of hydrogen-bond acceptors (Lipinski definition) is 5. The predicted octanol–water partition coefficient (Wildman–Crippen LogP) is 4.16. The van der Waals surface area contributed by atoms with E-state index in [2.05, 4.69) is 5.16 Å². The van der Waals surface area contributed by atoms with Crippen molar-refractivity contribution in [3.8, 4) is 0 Å². The number of hydrogen-bond donors (Lipinski definition) is 0. The van der Waals surface area contributed by atoms with Gasteiger partial charge in [0.1, 0.15) is 5.76 Å². The number of benzene rings is 1. The zero-order valence-corrected chi connectivity index (χ0v) is 12.3. The maximum atomic E-state index is 12.6. The molecule has 1 heterocycles. The molecule has 2 aromatic rings. The van der Waals surface area contributed by atoms with Crippen molar-refractivity contribution in [2.45, 2.75) is 23.7 Å². The van der Waals surface area contributed by atoms with Crippen molar-refractivity contribution in [3.63, 3.8) is 0 Å². The van der Waals surface area contributed by atoms with Crippen LogP contribution in [-0.4, -0.2) is 17.7 Å². The highest BCUT2D eigenvalue weighted by atomic mass is 32.2. The average Bonchev–Trinajstić information content (AvgIpc) is 2.94. The quantitative estimate of drug-likeness (QED) is 0.608. The number of alkyl halides is 3. The molecule has 0 fully saturated rings. The minimum absolute atomic E-state index is 0.0430. The van der Waals surface area contributed by atoms with Crippen LogP contribution in [0.2, 0.25) is 0 Å². The molecule has 22 heavy (non-hydrogen) atoms. The summed E-state index contributed by atoms with van der Waals surface area (Å²) in [7, 11) is 0. The first-order chi connectivity index (χ1) is 10.4. The largest absolute Gasteiger partial charge is 0.461 e. The summed E-state index contributed by atoms with van der Waals surface area (Å²) in [4.78, 5) is 11.9. The van der Waals surface area contributed by atoms with E-state index in [-0.39, 0.29) is 18.1 Å². The van der Waals surface area contributed by atoms with Crippen molar-refractivity contribution in [1.29, 1.82) is 0 Å². The lowest BCUT2D eigenvalue weighted by molar-refractivity contribution is -0.137. The van der Waals surface area contributed by atoms with Gasteiger partial charge in [-0.25, -0.2) is 4.79 Å². The Morgan fingerprint density at radius 3 is 2.82 bits per heavy atom. The standard InChI is InChI=1S/C14H12F3NO3S/c1-2-20-13(19)12-7-10(21-18-12)8-22-11-5-3-4-9(6-11)14(15,16)17/h3-7H,2,8H2,1H3. The van der Waals surface area contributed by atoms with E-state index < -0.39 is 17.7 Å². The summed E-state index contributed by atoms with van der Waals surface area (Å²) in [5, 5.41) is 3.56. The van der Waals surface area contributed by atoms with E-state index in [0.717, 1.165) is 23.9 Å². The maximum Gasteiger partial charge on any atom is 0.416 e. The number of halogens is 3. The number of nitrogens with zero attached hydrogens (tertiary/aromatic N) is 1. The van der Waals surface area contributed by atoms with Crippen LogP contribution < -0.4 is 0 Å². The van der Waals surface area contributed by atoms with Crippen molar-refractivity contribution >= 4 is 17.7 Å².